The summed E-state index contributed by atoms with van der Waals surface area (Å²) in [7, 11) is 0. The molecule has 1 fully saturated rings. The van der Waals surface area contributed by atoms with Crippen LogP contribution in [0.1, 0.15) is 43.7 Å². The summed E-state index contributed by atoms with van der Waals surface area (Å²) >= 11 is 5.55. The number of benzene rings is 1. The standard InChI is InChI=1S/C22H22F6N4S/c1-2-31-16-5-3-4-6-18(16)32(19-12-29-8-7-17(19)31)20(33)30-15-10-13(21(23,24)25)9-14(11-15)22(26,27)28/h7-12,16,18H,2-6H2,1H3,(H,30,33). The van der Waals surface area contributed by atoms with Gasteiger partial charge in [-0.05, 0) is 56.2 Å². The van der Waals surface area contributed by atoms with Gasteiger partial charge in [-0.2, -0.15) is 26.3 Å². The minimum Gasteiger partial charge on any atom is -0.365 e. The quantitative estimate of drug-likeness (QED) is 0.387. The van der Waals surface area contributed by atoms with Gasteiger partial charge in [-0.15, -0.1) is 0 Å². The van der Waals surface area contributed by atoms with E-state index in [1.165, 1.54) is 0 Å². The van der Waals surface area contributed by atoms with Crippen molar-refractivity contribution in [2.24, 2.45) is 0 Å². The lowest BCUT2D eigenvalue weighted by Crippen LogP contribution is -2.60. The van der Waals surface area contributed by atoms with E-state index in [4.69, 9.17) is 12.2 Å². The zero-order valence-electron chi connectivity index (χ0n) is 17.7. The Kier molecular flexibility index (Phi) is 6.19. The fraction of sp³-hybridized carbons (Fsp3) is 0.455. The van der Waals surface area contributed by atoms with E-state index in [9.17, 15) is 26.3 Å². The number of halogens is 6. The van der Waals surface area contributed by atoms with Crippen molar-refractivity contribution in [3.8, 4) is 0 Å². The molecule has 2 aromatic rings. The van der Waals surface area contributed by atoms with E-state index in [1.807, 2.05) is 13.0 Å². The number of hydrogen-bond acceptors (Lipinski definition) is 3. The molecule has 4 rings (SSSR count). The number of likely N-dealkylation sites (N-methyl/N-ethyl adjacent to an activating group) is 1. The second-order valence-electron chi connectivity index (χ2n) is 8.16. The van der Waals surface area contributed by atoms with Crippen LogP contribution in [0.2, 0.25) is 0 Å². The number of rotatable bonds is 2. The molecular formula is C22H22F6N4S. The van der Waals surface area contributed by atoms with Crippen molar-refractivity contribution in [2.75, 3.05) is 21.7 Å². The van der Waals surface area contributed by atoms with Gasteiger partial charge in [0.1, 0.15) is 0 Å². The Morgan fingerprint density at radius 2 is 1.61 bits per heavy atom. The third-order valence-electron chi connectivity index (χ3n) is 6.17. The van der Waals surface area contributed by atoms with Crippen LogP contribution in [0.3, 0.4) is 0 Å². The van der Waals surface area contributed by atoms with E-state index in [1.54, 1.807) is 17.3 Å². The summed E-state index contributed by atoms with van der Waals surface area (Å²) in [6.45, 7) is 2.80. The molecule has 1 N–H and O–H groups in total. The van der Waals surface area contributed by atoms with Gasteiger partial charge in [0, 0.05) is 24.5 Å². The van der Waals surface area contributed by atoms with Gasteiger partial charge in [0.05, 0.1) is 34.7 Å². The summed E-state index contributed by atoms with van der Waals surface area (Å²) in [5.41, 5.74) is -1.58. The fourth-order valence-electron chi connectivity index (χ4n) is 4.80. The second kappa shape index (κ2) is 8.66. The number of nitrogens with one attached hydrogen (secondary N) is 1. The highest BCUT2D eigenvalue weighted by atomic mass is 32.1. The van der Waals surface area contributed by atoms with Crippen molar-refractivity contribution >= 4 is 34.4 Å². The Labute approximate surface area is 192 Å². The van der Waals surface area contributed by atoms with Crippen molar-refractivity contribution < 1.29 is 26.3 Å². The summed E-state index contributed by atoms with van der Waals surface area (Å²) in [4.78, 5) is 8.26. The first-order valence-electron chi connectivity index (χ1n) is 10.6. The maximum atomic E-state index is 13.3. The SMILES string of the molecule is CCN1c2ccncc2N(C(=S)Nc2cc(C(F)(F)F)cc(C(F)(F)F)c2)C2CCCCC21. The molecule has 2 unspecified atom stereocenters. The predicted molar refractivity (Wildman–Crippen MR) is 118 cm³/mol. The number of pyridine rings is 1. The smallest absolute Gasteiger partial charge is 0.365 e. The lowest BCUT2D eigenvalue weighted by atomic mass is 9.85. The molecule has 1 aliphatic carbocycles. The minimum atomic E-state index is -4.93. The summed E-state index contributed by atoms with van der Waals surface area (Å²) in [6, 6.07) is 3.31. The third kappa shape index (κ3) is 4.60. The van der Waals surface area contributed by atoms with Gasteiger partial charge < -0.3 is 15.1 Å². The van der Waals surface area contributed by atoms with Gasteiger partial charge in [0.15, 0.2) is 5.11 Å². The van der Waals surface area contributed by atoms with Crippen molar-refractivity contribution in [1.29, 1.82) is 0 Å². The normalized spacial score (nSPS) is 20.8. The fourth-order valence-corrected chi connectivity index (χ4v) is 5.15. The van der Waals surface area contributed by atoms with E-state index >= 15 is 0 Å². The molecule has 4 nitrogen and oxygen atoms in total. The van der Waals surface area contributed by atoms with E-state index in [0.717, 1.165) is 37.9 Å². The van der Waals surface area contributed by atoms with E-state index in [-0.39, 0.29) is 28.9 Å². The van der Waals surface area contributed by atoms with Gasteiger partial charge in [0.25, 0.3) is 0 Å². The number of nitrogens with zero attached hydrogens (tertiary/aromatic N) is 3. The maximum absolute atomic E-state index is 13.3. The summed E-state index contributed by atoms with van der Waals surface area (Å²) in [5, 5.41) is 2.70. The average molecular weight is 489 g/mol. The monoisotopic (exact) mass is 488 g/mol. The highest BCUT2D eigenvalue weighted by Gasteiger charge is 2.42. The molecule has 0 saturated heterocycles. The van der Waals surface area contributed by atoms with Gasteiger partial charge in [0.2, 0.25) is 0 Å². The predicted octanol–water partition coefficient (Wildman–Crippen LogP) is 6.47. The van der Waals surface area contributed by atoms with Crippen LogP contribution in [-0.4, -0.2) is 28.7 Å². The Balaban J connectivity index is 1.73. The molecular weight excluding hydrogens is 466 g/mol. The molecule has 0 bridgehead atoms. The molecule has 1 saturated carbocycles. The van der Waals surface area contributed by atoms with Gasteiger partial charge in [-0.3, -0.25) is 4.98 Å². The van der Waals surface area contributed by atoms with Gasteiger partial charge in [-0.1, -0.05) is 12.8 Å². The van der Waals surface area contributed by atoms with Crippen LogP contribution in [0.4, 0.5) is 43.4 Å². The number of alkyl halides is 6. The van der Waals surface area contributed by atoms with Gasteiger partial charge >= 0.3 is 12.4 Å². The molecule has 1 aliphatic heterocycles. The highest BCUT2D eigenvalue weighted by Crippen LogP contribution is 2.43. The molecule has 178 valence electrons. The van der Waals surface area contributed by atoms with Crippen LogP contribution in [0.5, 0.6) is 0 Å². The molecule has 0 amide bonds. The van der Waals surface area contributed by atoms with E-state index < -0.39 is 23.5 Å². The second-order valence-corrected chi connectivity index (χ2v) is 8.55. The summed E-state index contributed by atoms with van der Waals surface area (Å²) in [6.07, 6.45) is -2.88. The Morgan fingerprint density at radius 3 is 2.18 bits per heavy atom. The van der Waals surface area contributed by atoms with Crippen LogP contribution in [0, 0.1) is 0 Å². The zero-order valence-corrected chi connectivity index (χ0v) is 18.5. The largest absolute Gasteiger partial charge is 0.416 e. The van der Waals surface area contributed by atoms with Crippen LogP contribution < -0.4 is 15.1 Å². The Morgan fingerprint density at radius 1 is 1.00 bits per heavy atom. The summed E-state index contributed by atoms with van der Waals surface area (Å²) in [5.74, 6) is 0. The third-order valence-corrected chi connectivity index (χ3v) is 6.47. The van der Waals surface area contributed by atoms with E-state index in [0.29, 0.717) is 17.8 Å². The Bertz CT molecular complexity index is 1010. The number of fused-ring (bicyclic) bond motifs is 2. The van der Waals surface area contributed by atoms with Crippen LogP contribution in [0.25, 0.3) is 0 Å². The molecule has 0 radical (unpaired) electrons. The lowest BCUT2D eigenvalue weighted by molar-refractivity contribution is -0.143. The zero-order chi connectivity index (χ0) is 24.0. The van der Waals surface area contributed by atoms with Crippen LogP contribution >= 0.6 is 12.2 Å². The van der Waals surface area contributed by atoms with Crippen LogP contribution in [-0.2, 0) is 12.4 Å². The summed E-state index contributed by atoms with van der Waals surface area (Å²) < 4.78 is 79.7. The molecule has 11 heteroatoms. The number of aromatic nitrogens is 1. The molecule has 2 aliphatic rings. The van der Waals surface area contributed by atoms with Crippen molar-refractivity contribution in [3.05, 3.63) is 47.8 Å². The Hall–Kier alpha value is -2.56. The van der Waals surface area contributed by atoms with Crippen molar-refractivity contribution in [3.63, 3.8) is 0 Å². The molecule has 33 heavy (non-hydrogen) atoms. The van der Waals surface area contributed by atoms with Gasteiger partial charge in [-0.25, -0.2) is 0 Å². The van der Waals surface area contributed by atoms with Crippen molar-refractivity contribution in [2.45, 2.75) is 57.0 Å². The highest BCUT2D eigenvalue weighted by molar-refractivity contribution is 7.80. The molecule has 2 atom stereocenters. The average Bonchev–Trinajstić information content (AvgIpc) is 2.75. The topological polar surface area (TPSA) is 31.4 Å². The van der Waals surface area contributed by atoms with E-state index in [2.05, 4.69) is 15.2 Å². The maximum Gasteiger partial charge on any atom is 0.416 e. The van der Waals surface area contributed by atoms with Crippen LogP contribution in [0.15, 0.2) is 36.7 Å². The molecule has 1 aromatic heterocycles. The molecule has 0 spiro atoms. The first-order chi connectivity index (χ1) is 15.5. The number of thiocarbonyl (C=S) groups is 1. The molecule has 2 heterocycles. The first-order valence-corrected chi connectivity index (χ1v) is 11.0. The lowest BCUT2D eigenvalue weighted by Gasteiger charge is -2.51. The minimum absolute atomic E-state index is 0.0457. The molecule has 1 aromatic carbocycles. The van der Waals surface area contributed by atoms with Crippen molar-refractivity contribution in [1.82, 2.24) is 4.98 Å². The number of anilines is 3. The first kappa shape index (κ1) is 23.6. The number of hydrogen-bond donors (Lipinski definition) is 1.